The normalized spacial score (nSPS) is 10.5. The van der Waals surface area contributed by atoms with Gasteiger partial charge in [-0.2, -0.15) is 0 Å². The van der Waals surface area contributed by atoms with Crippen LogP contribution < -0.4 is 10.1 Å². The largest absolute Gasteiger partial charge is 0.507 e. The fourth-order valence-corrected chi connectivity index (χ4v) is 2.65. The van der Waals surface area contributed by atoms with Crippen LogP contribution in [0, 0.1) is 0 Å². The molecule has 0 aliphatic heterocycles. The van der Waals surface area contributed by atoms with Crippen LogP contribution in [0.2, 0.25) is 0 Å². The lowest BCUT2D eigenvalue weighted by Gasteiger charge is -2.10. The molecule has 4 nitrogen and oxygen atoms in total. The number of rotatable bonds is 5. The number of aromatic hydroxyl groups is 1. The number of amides is 1. The Morgan fingerprint density at radius 2 is 1.71 bits per heavy atom. The lowest BCUT2D eigenvalue weighted by Crippen LogP contribution is -2.14. The number of hydrogen-bond acceptors (Lipinski definition) is 3. The van der Waals surface area contributed by atoms with Crippen molar-refractivity contribution in [3.63, 3.8) is 0 Å². The van der Waals surface area contributed by atoms with E-state index in [1.807, 2.05) is 55.5 Å². The maximum Gasteiger partial charge on any atom is 0.228 e. The van der Waals surface area contributed by atoms with E-state index in [1.54, 1.807) is 12.1 Å². The summed E-state index contributed by atoms with van der Waals surface area (Å²) < 4.78 is 5.40. The second-order valence-corrected chi connectivity index (χ2v) is 5.48. The number of anilines is 1. The number of hydrogen-bond donors (Lipinski definition) is 2. The number of ether oxygens (including phenoxy) is 1. The molecule has 24 heavy (non-hydrogen) atoms. The molecule has 0 aliphatic carbocycles. The Labute approximate surface area is 140 Å². The van der Waals surface area contributed by atoms with Crippen molar-refractivity contribution in [3.8, 4) is 11.5 Å². The molecule has 0 saturated heterocycles. The molecule has 0 heterocycles. The topological polar surface area (TPSA) is 58.6 Å². The minimum absolute atomic E-state index is 0.102. The molecule has 122 valence electrons. The maximum atomic E-state index is 12.3. The predicted molar refractivity (Wildman–Crippen MR) is 95.6 cm³/mol. The van der Waals surface area contributed by atoms with Crippen molar-refractivity contribution in [2.75, 3.05) is 11.9 Å². The van der Waals surface area contributed by atoms with Crippen LogP contribution >= 0.6 is 0 Å². The molecule has 3 aromatic rings. The number of phenols is 1. The van der Waals surface area contributed by atoms with Gasteiger partial charge in [-0.1, -0.05) is 36.4 Å². The molecule has 1 amide bonds. The first-order valence-electron chi connectivity index (χ1n) is 7.89. The molecule has 0 atom stereocenters. The lowest BCUT2D eigenvalue weighted by atomic mass is 10.1. The highest BCUT2D eigenvalue weighted by Crippen LogP contribution is 2.29. The van der Waals surface area contributed by atoms with Crippen LogP contribution in [-0.2, 0) is 11.2 Å². The molecular formula is C20H19NO3. The minimum atomic E-state index is -0.102. The van der Waals surface area contributed by atoms with E-state index >= 15 is 0 Å². The van der Waals surface area contributed by atoms with E-state index in [9.17, 15) is 9.90 Å². The van der Waals surface area contributed by atoms with E-state index < -0.39 is 0 Å². The smallest absolute Gasteiger partial charge is 0.228 e. The molecular weight excluding hydrogens is 302 g/mol. The zero-order valence-corrected chi connectivity index (χ0v) is 13.5. The molecule has 0 spiro atoms. The van der Waals surface area contributed by atoms with Gasteiger partial charge in [-0.3, -0.25) is 4.79 Å². The van der Waals surface area contributed by atoms with Gasteiger partial charge in [0.1, 0.15) is 11.5 Å². The summed E-state index contributed by atoms with van der Waals surface area (Å²) >= 11 is 0. The summed E-state index contributed by atoms with van der Waals surface area (Å²) in [4.78, 5) is 12.3. The van der Waals surface area contributed by atoms with Crippen LogP contribution in [0.25, 0.3) is 10.8 Å². The van der Waals surface area contributed by atoms with Crippen molar-refractivity contribution < 1.29 is 14.6 Å². The van der Waals surface area contributed by atoms with Gasteiger partial charge in [0.25, 0.3) is 0 Å². The van der Waals surface area contributed by atoms with Gasteiger partial charge >= 0.3 is 0 Å². The average molecular weight is 321 g/mol. The standard InChI is InChI=1S/C20H19NO3/c1-2-24-15-11-9-14(10-12-15)13-20(23)21-18-7-3-6-17-16(18)5-4-8-19(17)22/h3-12,22H,2,13H2,1H3,(H,21,23). The summed E-state index contributed by atoms with van der Waals surface area (Å²) in [5.74, 6) is 0.899. The van der Waals surface area contributed by atoms with E-state index in [4.69, 9.17) is 4.74 Å². The van der Waals surface area contributed by atoms with Crippen molar-refractivity contribution in [2.24, 2.45) is 0 Å². The molecule has 0 aliphatic rings. The highest BCUT2D eigenvalue weighted by atomic mass is 16.5. The maximum absolute atomic E-state index is 12.3. The molecule has 2 N–H and O–H groups in total. The molecule has 0 radical (unpaired) electrons. The third kappa shape index (κ3) is 3.49. The quantitative estimate of drug-likeness (QED) is 0.743. The van der Waals surface area contributed by atoms with E-state index in [0.29, 0.717) is 12.3 Å². The van der Waals surface area contributed by atoms with Crippen molar-refractivity contribution in [1.29, 1.82) is 0 Å². The Bertz CT molecular complexity index is 856. The van der Waals surface area contributed by atoms with E-state index in [0.717, 1.165) is 22.1 Å². The molecule has 0 aromatic heterocycles. The zero-order valence-electron chi connectivity index (χ0n) is 13.5. The summed E-state index contributed by atoms with van der Waals surface area (Å²) in [7, 11) is 0. The molecule has 0 fully saturated rings. The van der Waals surface area contributed by atoms with Crippen LogP contribution in [0.4, 0.5) is 5.69 Å². The number of fused-ring (bicyclic) bond motifs is 1. The Kier molecular flexibility index (Phi) is 4.66. The predicted octanol–water partition coefficient (Wildman–Crippen LogP) is 4.13. The van der Waals surface area contributed by atoms with E-state index in [1.165, 1.54) is 0 Å². The van der Waals surface area contributed by atoms with Gasteiger partial charge < -0.3 is 15.2 Å². The van der Waals surface area contributed by atoms with Crippen LogP contribution in [0.3, 0.4) is 0 Å². The summed E-state index contributed by atoms with van der Waals surface area (Å²) in [5.41, 5.74) is 1.61. The van der Waals surface area contributed by atoms with Crippen LogP contribution in [0.5, 0.6) is 11.5 Å². The molecule has 4 heteroatoms. The third-order valence-electron chi connectivity index (χ3n) is 3.77. The Balaban J connectivity index is 1.74. The number of benzene rings is 3. The van der Waals surface area contributed by atoms with E-state index in [2.05, 4.69) is 5.32 Å². The first-order chi connectivity index (χ1) is 11.7. The Morgan fingerprint density at radius 1 is 1.00 bits per heavy atom. The molecule has 3 rings (SSSR count). The van der Waals surface area contributed by atoms with Crippen molar-refractivity contribution in [2.45, 2.75) is 13.3 Å². The van der Waals surface area contributed by atoms with Crippen LogP contribution in [0.1, 0.15) is 12.5 Å². The zero-order chi connectivity index (χ0) is 16.9. The fourth-order valence-electron chi connectivity index (χ4n) is 2.65. The minimum Gasteiger partial charge on any atom is -0.507 e. The molecule has 3 aromatic carbocycles. The lowest BCUT2D eigenvalue weighted by molar-refractivity contribution is -0.115. The summed E-state index contributed by atoms with van der Waals surface area (Å²) in [5, 5.41) is 14.4. The highest BCUT2D eigenvalue weighted by Gasteiger charge is 2.08. The summed E-state index contributed by atoms with van der Waals surface area (Å²) in [6.45, 7) is 2.55. The van der Waals surface area contributed by atoms with Gasteiger partial charge in [0.05, 0.1) is 13.0 Å². The van der Waals surface area contributed by atoms with Gasteiger partial charge in [-0.15, -0.1) is 0 Å². The first kappa shape index (κ1) is 15.9. The van der Waals surface area contributed by atoms with Gasteiger partial charge in [0, 0.05) is 16.5 Å². The highest BCUT2D eigenvalue weighted by molar-refractivity contribution is 6.04. The van der Waals surface area contributed by atoms with Crippen molar-refractivity contribution in [3.05, 3.63) is 66.2 Å². The second-order valence-electron chi connectivity index (χ2n) is 5.48. The monoisotopic (exact) mass is 321 g/mol. The van der Waals surface area contributed by atoms with Crippen LogP contribution in [-0.4, -0.2) is 17.6 Å². The number of nitrogens with one attached hydrogen (secondary N) is 1. The summed E-state index contributed by atoms with van der Waals surface area (Å²) in [6, 6.07) is 18.2. The second kappa shape index (κ2) is 7.04. The Hall–Kier alpha value is -3.01. The third-order valence-corrected chi connectivity index (χ3v) is 3.77. The number of carbonyl (C=O) groups excluding carboxylic acids is 1. The van der Waals surface area contributed by atoms with Gasteiger partial charge in [0.2, 0.25) is 5.91 Å². The molecule has 0 bridgehead atoms. The Morgan fingerprint density at radius 3 is 2.46 bits per heavy atom. The number of carbonyl (C=O) groups is 1. The molecule has 0 unspecified atom stereocenters. The van der Waals surface area contributed by atoms with Gasteiger partial charge in [-0.25, -0.2) is 0 Å². The van der Waals surface area contributed by atoms with Crippen molar-refractivity contribution >= 4 is 22.4 Å². The fraction of sp³-hybridized carbons (Fsp3) is 0.150. The van der Waals surface area contributed by atoms with Gasteiger partial charge in [-0.05, 0) is 36.8 Å². The average Bonchev–Trinajstić information content (AvgIpc) is 2.58. The van der Waals surface area contributed by atoms with Gasteiger partial charge in [0.15, 0.2) is 0 Å². The number of phenolic OH excluding ortho intramolecular Hbond substituents is 1. The molecule has 0 saturated carbocycles. The SMILES string of the molecule is CCOc1ccc(CC(=O)Nc2cccc3c(O)cccc23)cc1. The van der Waals surface area contributed by atoms with Crippen LogP contribution in [0.15, 0.2) is 60.7 Å². The van der Waals surface area contributed by atoms with E-state index in [-0.39, 0.29) is 18.1 Å². The van der Waals surface area contributed by atoms with Crippen molar-refractivity contribution in [1.82, 2.24) is 0 Å². The summed E-state index contributed by atoms with van der Waals surface area (Å²) in [6.07, 6.45) is 0.279. The first-order valence-corrected chi connectivity index (χ1v) is 7.89.